The smallest absolute Gasteiger partial charge is 0.220 e. The van der Waals surface area contributed by atoms with E-state index in [1.54, 1.807) is 12.1 Å². The van der Waals surface area contributed by atoms with E-state index in [-0.39, 0.29) is 18.1 Å². The minimum atomic E-state index is -0.552. The Morgan fingerprint density at radius 2 is 2.06 bits per heavy atom. The molecule has 0 radical (unpaired) electrons. The number of aromatic nitrogens is 3. The summed E-state index contributed by atoms with van der Waals surface area (Å²) in [7, 11) is 0. The SMILES string of the molecule is C#CCOc1c(Br)cc([C@H](C[N+](=O)[O-])Sc2nnc(C)n2-c2cccc(C)c2)cc1OCC. The molecule has 2 aromatic carbocycles. The van der Waals surface area contributed by atoms with Gasteiger partial charge >= 0.3 is 0 Å². The summed E-state index contributed by atoms with van der Waals surface area (Å²) in [4.78, 5) is 11.2. The van der Waals surface area contributed by atoms with Gasteiger partial charge in [0.2, 0.25) is 6.54 Å². The first-order valence-corrected chi connectivity index (χ1v) is 11.8. The third-order valence-corrected chi connectivity index (χ3v) is 6.39. The van der Waals surface area contributed by atoms with Gasteiger partial charge in [0.25, 0.3) is 0 Å². The molecule has 0 aliphatic carbocycles. The Balaban J connectivity index is 2.03. The van der Waals surface area contributed by atoms with Crippen molar-refractivity contribution in [3.63, 3.8) is 0 Å². The van der Waals surface area contributed by atoms with Gasteiger partial charge in [0.15, 0.2) is 16.7 Å². The van der Waals surface area contributed by atoms with Crippen molar-refractivity contribution in [3.8, 4) is 29.5 Å². The minimum Gasteiger partial charge on any atom is -0.490 e. The number of thioether (sulfide) groups is 1. The van der Waals surface area contributed by atoms with Crippen molar-refractivity contribution in [2.75, 3.05) is 19.8 Å². The monoisotopic (exact) mass is 530 g/mol. The lowest BCUT2D eigenvalue weighted by Gasteiger charge is -2.18. The Hall–Kier alpha value is -3.03. The summed E-state index contributed by atoms with van der Waals surface area (Å²) in [5, 5.41) is 20.1. The first kappa shape index (κ1) is 24.6. The van der Waals surface area contributed by atoms with Gasteiger partial charge in [0.1, 0.15) is 17.7 Å². The molecule has 172 valence electrons. The second-order valence-corrected chi connectivity index (χ2v) is 9.11. The number of hydrogen-bond donors (Lipinski definition) is 0. The van der Waals surface area contributed by atoms with Crippen molar-refractivity contribution in [3.05, 3.63) is 67.9 Å². The van der Waals surface area contributed by atoms with Gasteiger partial charge in [0, 0.05) is 10.6 Å². The molecule has 1 aromatic heterocycles. The summed E-state index contributed by atoms with van der Waals surface area (Å²) < 4.78 is 13.9. The lowest BCUT2D eigenvalue weighted by molar-refractivity contribution is -0.479. The van der Waals surface area contributed by atoms with Crippen LogP contribution in [0.4, 0.5) is 0 Å². The Kier molecular flexibility index (Phi) is 8.36. The second kappa shape index (κ2) is 11.2. The van der Waals surface area contributed by atoms with Crippen LogP contribution in [0, 0.1) is 36.3 Å². The van der Waals surface area contributed by atoms with E-state index < -0.39 is 5.25 Å². The number of ether oxygens (including phenoxy) is 2. The molecule has 0 spiro atoms. The number of halogens is 1. The van der Waals surface area contributed by atoms with E-state index in [0.29, 0.717) is 39.1 Å². The fraction of sp³-hybridized carbons (Fsp3) is 0.304. The van der Waals surface area contributed by atoms with Crippen LogP contribution in [0.1, 0.15) is 29.1 Å². The minimum absolute atomic E-state index is 0.0734. The molecular weight excluding hydrogens is 508 g/mol. The predicted octanol–water partition coefficient (Wildman–Crippen LogP) is 5.17. The molecule has 0 aliphatic heterocycles. The number of aryl methyl sites for hydroxylation is 2. The molecule has 1 atom stereocenters. The molecule has 0 amide bonds. The Morgan fingerprint density at radius 3 is 2.73 bits per heavy atom. The highest BCUT2D eigenvalue weighted by atomic mass is 79.9. The van der Waals surface area contributed by atoms with Gasteiger partial charge in [-0.3, -0.25) is 14.7 Å². The van der Waals surface area contributed by atoms with E-state index in [1.165, 1.54) is 11.8 Å². The number of terminal acetylenes is 1. The molecule has 3 aromatic rings. The third kappa shape index (κ3) is 6.06. The fourth-order valence-corrected chi connectivity index (χ4v) is 4.98. The van der Waals surface area contributed by atoms with Crippen molar-refractivity contribution in [1.29, 1.82) is 0 Å². The first-order valence-electron chi connectivity index (χ1n) is 10.1. The van der Waals surface area contributed by atoms with Gasteiger partial charge in [-0.25, -0.2) is 0 Å². The Morgan fingerprint density at radius 1 is 1.27 bits per heavy atom. The fourth-order valence-electron chi connectivity index (χ4n) is 3.25. The molecule has 1 heterocycles. The van der Waals surface area contributed by atoms with E-state index in [2.05, 4.69) is 32.0 Å². The molecule has 0 N–H and O–H groups in total. The standard InChI is InChI=1S/C23H23BrN4O4S/c1-5-10-32-22-19(24)12-17(13-20(22)31-6-2)21(14-27(29)30)33-23-26-25-16(4)28(23)18-9-7-8-15(3)11-18/h1,7-9,11-13,21H,6,10,14H2,2-4H3/t21-/m0/s1. The third-order valence-electron chi connectivity index (χ3n) is 4.62. The summed E-state index contributed by atoms with van der Waals surface area (Å²) in [5.41, 5.74) is 2.68. The zero-order valence-corrected chi connectivity index (χ0v) is 20.9. The van der Waals surface area contributed by atoms with Crippen LogP contribution in [0.2, 0.25) is 0 Å². The van der Waals surface area contributed by atoms with Crippen LogP contribution < -0.4 is 9.47 Å². The van der Waals surface area contributed by atoms with Crippen molar-refractivity contribution < 1.29 is 14.4 Å². The Labute approximate surface area is 205 Å². The van der Waals surface area contributed by atoms with E-state index in [0.717, 1.165) is 11.3 Å². The van der Waals surface area contributed by atoms with Crippen LogP contribution in [-0.4, -0.2) is 39.4 Å². The number of nitrogens with zero attached hydrogens (tertiary/aromatic N) is 4. The molecule has 0 fully saturated rings. The Bertz CT molecular complexity index is 1190. The number of nitro groups is 1. The van der Waals surface area contributed by atoms with Crippen LogP contribution in [-0.2, 0) is 0 Å². The van der Waals surface area contributed by atoms with E-state index in [1.807, 2.05) is 49.6 Å². The van der Waals surface area contributed by atoms with E-state index >= 15 is 0 Å². The van der Waals surface area contributed by atoms with Crippen molar-refractivity contribution in [1.82, 2.24) is 14.8 Å². The van der Waals surface area contributed by atoms with Crippen molar-refractivity contribution >= 4 is 27.7 Å². The highest BCUT2D eigenvalue weighted by molar-refractivity contribution is 9.10. The highest BCUT2D eigenvalue weighted by Gasteiger charge is 2.26. The molecule has 33 heavy (non-hydrogen) atoms. The van der Waals surface area contributed by atoms with Crippen molar-refractivity contribution in [2.24, 2.45) is 0 Å². The zero-order valence-electron chi connectivity index (χ0n) is 18.4. The summed E-state index contributed by atoms with van der Waals surface area (Å²) in [5.74, 6) is 4.04. The van der Waals surface area contributed by atoms with Crippen LogP contribution in [0.25, 0.3) is 5.69 Å². The lowest BCUT2D eigenvalue weighted by atomic mass is 10.1. The maximum absolute atomic E-state index is 11.5. The van der Waals surface area contributed by atoms with Gasteiger partial charge in [-0.1, -0.05) is 29.8 Å². The van der Waals surface area contributed by atoms with Crippen LogP contribution >= 0.6 is 27.7 Å². The number of hydrogen-bond acceptors (Lipinski definition) is 7. The first-order chi connectivity index (χ1) is 15.8. The maximum atomic E-state index is 11.5. The largest absolute Gasteiger partial charge is 0.490 e. The van der Waals surface area contributed by atoms with Gasteiger partial charge < -0.3 is 9.47 Å². The second-order valence-electron chi connectivity index (χ2n) is 7.08. The van der Waals surface area contributed by atoms with E-state index in [9.17, 15) is 10.1 Å². The maximum Gasteiger partial charge on any atom is 0.220 e. The lowest BCUT2D eigenvalue weighted by Crippen LogP contribution is -2.12. The zero-order chi connectivity index (χ0) is 24.0. The molecule has 0 saturated carbocycles. The molecular formula is C23H23BrN4O4S. The molecule has 10 heteroatoms. The van der Waals surface area contributed by atoms with Crippen LogP contribution in [0.3, 0.4) is 0 Å². The molecule has 3 rings (SSSR count). The normalized spacial score (nSPS) is 11.6. The van der Waals surface area contributed by atoms with Crippen molar-refractivity contribution in [2.45, 2.75) is 31.2 Å². The topological polar surface area (TPSA) is 92.3 Å². The molecule has 0 saturated heterocycles. The summed E-state index contributed by atoms with van der Waals surface area (Å²) >= 11 is 4.77. The van der Waals surface area contributed by atoms with Gasteiger partial charge in [-0.15, -0.1) is 16.6 Å². The van der Waals surface area contributed by atoms with Gasteiger partial charge in [-0.2, -0.15) is 0 Å². The average Bonchev–Trinajstić information content (AvgIpc) is 3.12. The predicted molar refractivity (Wildman–Crippen MR) is 131 cm³/mol. The molecule has 8 nitrogen and oxygen atoms in total. The van der Waals surface area contributed by atoms with E-state index in [4.69, 9.17) is 15.9 Å². The molecule has 0 unspecified atom stereocenters. The summed E-state index contributed by atoms with van der Waals surface area (Å²) in [6.07, 6.45) is 5.32. The highest BCUT2D eigenvalue weighted by Crippen LogP contribution is 2.43. The summed E-state index contributed by atoms with van der Waals surface area (Å²) in [6.45, 7) is 5.86. The van der Waals surface area contributed by atoms with Gasteiger partial charge in [0.05, 0.1) is 11.1 Å². The molecule has 0 aliphatic rings. The molecule has 0 bridgehead atoms. The van der Waals surface area contributed by atoms with Crippen LogP contribution in [0.15, 0.2) is 46.0 Å². The quantitative estimate of drug-likeness (QED) is 0.154. The number of benzene rings is 2. The van der Waals surface area contributed by atoms with Gasteiger partial charge in [-0.05, 0) is 72.1 Å². The average molecular weight is 531 g/mol. The van der Waals surface area contributed by atoms with Crippen LogP contribution in [0.5, 0.6) is 11.5 Å². The number of rotatable bonds is 10. The summed E-state index contributed by atoms with van der Waals surface area (Å²) in [6, 6.07) is 11.5.